The molecular weight excluding hydrogens is 248 g/mol. The Kier molecular flexibility index (Phi) is 2.90. The zero-order chi connectivity index (χ0) is 12.4. The first-order valence-electron chi connectivity index (χ1n) is 5.63. The van der Waals surface area contributed by atoms with Crippen molar-refractivity contribution in [1.82, 2.24) is 9.38 Å². The third-order valence-corrected chi connectivity index (χ3v) is 3.02. The van der Waals surface area contributed by atoms with E-state index in [4.69, 9.17) is 16.3 Å². The third kappa shape index (κ3) is 2.05. The van der Waals surface area contributed by atoms with Gasteiger partial charge in [0.2, 0.25) is 0 Å². The van der Waals surface area contributed by atoms with Crippen molar-refractivity contribution in [3.8, 4) is 5.75 Å². The van der Waals surface area contributed by atoms with Crippen LogP contribution >= 0.6 is 11.6 Å². The maximum absolute atomic E-state index is 6.04. The molecule has 2 heterocycles. The van der Waals surface area contributed by atoms with Gasteiger partial charge >= 0.3 is 0 Å². The van der Waals surface area contributed by atoms with Crippen LogP contribution in [0, 0.1) is 0 Å². The Morgan fingerprint density at radius 2 is 1.94 bits per heavy atom. The molecule has 3 nitrogen and oxygen atoms in total. The van der Waals surface area contributed by atoms with Crippen molar-refractivity contribution in [3.05, 3.63) is 65.6 Å². The summed E-state index contributed by atoms with van der Waals surface area (Å²) in [6.45, 7) is 0.439. The number of halogens is 1. The van der Waals surface area contributed by atoms with Crippen LogP contribution in [-0.2, 0) is 6.61 Å². The third-order valence-electron chi connectivity index (χ3n) is 2.71. The summed E-state index contributed by atoms with van der Waals surface area (Å²) in [7, 11) is 0. The molecule has 3 aromatic rings. The number of benzene rings is 1. The fourth-order valence-corrected chi connectivity index (χ4v) is 2.00. The molecule has 0 bridgehead atoms. The van der Waals surface area contributed by atoms with Gasteiger partial charge in [-0.05, 0) is 24.3 Å². The molecule has 18 heavy (non-hydrogen) atoms. The minimum Gasteiger partial charge on any atom is -0.486 e. The Balaban J connectivity index is 1.83. The summed E-state index contributed by atoms with van der Waals surface area (Å²) in [5.74, 6) is 0.685. The lowest BCUT2D eigenvalue weighted by atomic mass is 10.3. The number of para-hydroxylation sites is 1. The van der Waals surface area contributed by atoms with Crippen molar-refractivity contribution in [3.63, 3.8) is 0 Å². The second-order valence-electron chi connectivity index (χ2n) is 3.90. The van der Waals surface area contributed by atoms with Crippen molar-refractivity contribution in [2.24, 2.45) is 0 Å². The fourth-order valence-electron chi connectivity index (χ4n) is 1.81. The lowest BCUT2D eigenvalue weighted by molar-refractivity contribution is 0.300. The van der Waals surface area contributed by atoms with Crippen molar-refractivity contribution in [2.75, 3.05) is 0 Å². The molecule has 1 aromatic carbocycles. The van der Waals surface area contributed by atoms with E-state index in [1.807, 2.05) is 59.3 Å². The standard InChI is InChI=1S/C14H11ClN2O/c15-12-5-1-2-6-13(12)18-10-11-9-16-14-7-3-4-8-17(11)14/h1-9H,10H2. The number of ether oxygens (including phenoxy) is 1. The topological polar surface area (TPSA) is 26.5 Å². The molecule has 0 aliphatic heterocycles. The molecule has 4 heteroatoms. The van der Waals surface area contributed by atoms with Crippen LogP contribution in [0.5, 0.6) is 5.75 Å². The maximum Gasteiger partial charge on any atom is 0.138 e. The molecule has 90 valence electrons. The molecule has 3 rings (SSSR count). The van der Waals surface area contributed by atoms with Gasteiger partial charge in [-0.1, -0.05) is 29.8 Å². The van der Waals surface area contributed by atoms with Crippen LogP contribution in [0.1, 0.15) is 5.69 Å². The van der Waals surface area contributed by atoms with E-state index in [9.17, 15) is 0 Å². The predicted octanol–water partition coefficient (Wildman–Crippen LogP) is 3.57. The van der Waals surface area contributed by atoms with Crippen molar-refractivity contribution in [1.29, 1.82) is 0 Å². The van der Waals surface area contributed by atoms with E-state index in [1.165, 1.54) is 0 Å². The predicted molar refractivity (Wildman–Crippen MR) is 71.0 cm³/mol. The summed E-state index contributed by atoms with van der Waals surface area (Å²) in [5, 5.41) is 0.617. The van der Waals surface area contributed by atoms with E-state index >= 15 is 0 Å². The largest absolute Gasteiger partial charge is 0.486 e. The summed E-state index contributed by atoms with van der Waals surface area (Å²) in [5.41, 5.74) is 1.90. The zero-order valence-corrected chi connectivity index (χ0v) is 10.3. The van der Waals surface area contributed by atoms with E-state index < -0.39 is 0 Å². The molecule has 0 radical (unpaired) electrons. The number of hydrogen-bond acceptors (Lipinski definition) is 2. The smallest absolute Gasteiger partial charge is 0.138 e. The van der Waals surface area contributed by atoms with Crippen LogP contribution in [0.25, 0.3) is 5.65 Å². The van der Waals surface area contributed by atoms with Crippen molar-refractivity contribution < 1.29 is 4.74 Å². The SMILES string of the molecule is Clc1ccccc1OCc1cnc2ccccn12. The summed E-state index contributed by atoms with van der Waals surface area (Å²) in [6, 6.07) is 13.3. The number of pyridine rings is 1. The Morgan fingerprint density at radius 3 is 2.83 bits per heavy atom. The number of imidazole rings is 1. The molecule has 0 aliphatic rings. The van der Waals surface area contributed by atoms with E-state index in [1.54, 1.807) is 0 Å². The van der Waals surface area contributed by atoms with Gasteiger partial charge in [-0.2, -0.15) is 0 Å². The summed E-state index contributed by atoms with van der Waals surface area (Å²) >= 11 is 6.04. The van der Waals surface area contributed by atoms with E-state index in [-0.39, 0.29) is 0 Å². The first-order valence-corrected chi connectivity index (χ1v) is 6.01. The molecule has 0 fully saturated rings. The summed E-state index contributed by atoms with van der Waals surface area (Å²) in [6.07, 6.45) is 3.78. The summed E-state index contributed by atoms with van der Waals surface area (Å²) < 4.78 is 7.69. The maximum atomic E-state index is 6.04. The first kappa shape index (κ1) is 11.1. The second-order valence-corrected chi connectivity index (χ2v) is 4.30. The minimum absolute atomic E-state index is 0.439. The second kappa shape index (κ2) is 4.70. The molecule has 0 saturated carbocycles. The Bertz CT molecular complexity index is 678. The van der Waals surface area contributed by atoms with Crippen LogP contribution in [0.4, 0.5) is 0 Å². The van der Waals surface area contributed by atoms with Gasteiger partial charge in [-0.25, -0.2) is 4.98 Å². The van der Waals surface area contributed by atoms with Gasteiger partial charge in [0.05, 0.1) is 16.9 Å². The highest BCUT2D eigenvalue weighted by molar-refractivity contribution is 6.32. The average molecular weight is 259 g/mol. The van der Waals surface area contributed by atoms with Gasteiger partial charge in [-0.15, -0.1) is 0 Å². The number of aromatic nitrogens is 2. The van der Waals surface area contributed by atoms with E-state index in [0.29, 0.717) is 17.4 Å². The number of nitrogens with zero attached hydrogens (tertiary/aromatic N) is 2. The molecule has 0 spiro atoms. The molecule has 0 amide bonds. The van der Waals surface area contributed by atoms with Gasteiger partial charge < -0.3 is 9.14 Å². The van der Waals surface area contributed by atoms with E-state index in [0.717, 1.165) is 11.3 Å². The quantitative estimate of drug-likeness (QED) is 0.718. The minimum atomic E-state index is 0.439. The first-order chi connectivity index (χ1) is 8.84. The van der Waals surface area contributed by atoms with Crippen LogP contribution in [0.2, 0.25) is 5.02 Å². The van der Waals surface area contributed by atoms with Crippen LogP contribution in [0.3, 0.4) is 0 Å². The number of rotatable bonds is 3. The molecule has 0 saturated heterocycles. The molecule has 0 atom stereocenters. The number of fused-ring (bicyclic) bond motifs is 1. The van der Waals surface area contributed by atoms with Crippen LogP contribution < -0.4 is 4.74 Å². The Labute approximate surface area is 110 Å². The lowest BCUT2D eigenvalue weighted by Gasteiger charge is -2.07. The lowest BCUT2D eigenvalue weighted by Crippen LogP contribution is -1.99. The molecule has 0 N–H and O–H groups in total. The molecule has 2 aromatic heterocycles. The van der Waals surface area contributed by atoms with Gasteiger partial charge in [0.25, 0.3) is 0 Å². The highest BCUT2D eigenvalue weighted by Crippen LogP contribution is 2.24. The van der Waals surface area contributed by atoms with Gasteiger partial charge in [0.1, 0.15) is 18.0 Å². The van der Waals surface area contributed by atoms with Crippen molar-refractivity contribution >= 4 is 17.2 Å². The monoisotopic (exact) mass is 258 g/mol. The highest BCUT2D eigenvalue weighted by atomic mass is 35.5. The normalized spacial score (nSPS) is 10.7. The van der Waals surface area contributed by atoms with Gasteiger partial charge in [0.15, 0.2) is 0 Å². The number of hydrogen-bond donors (Lipinski definition) is 0. The van der Waals surface area contributed by atoms with E-state index in [2.05, 4.69) is 4.98 Å². The van der Waals surface area contributed by atoms with Gasteiger partial charge in [-0.3, -0.25) is 0 Å². The molecule has 0 aliphatic carbocycles. The van der Waals surface area contributed by atoms with Crippen LogP contribution in [0.15, 0.2) is 54.9 Å². The highest BCUT2D eigenvalue weighted by Gasteiger charge is 2.04. The zero-order valence-electron chi connectivity index (χ0n) is 9.58. The molecule has 0 unspecified atom stereocenters. The van der Waals surface area contributed by atoms with Crippen LogP contribution in [-0.4, -0.2) is 9.38 Å². The Morgan fingerprint density at radius 1 is 1.11 bits per heavy atom. The van der Waals surface area contributed by atoms with Crippen molar-refractivity contribution in [2.45, 2.75) is 6.61 Å². The average Bonchev–Trinajstić information content (AvgIpc) is 2.81. The molecular formula is C14H11ClN2O. The summed E-state index contributed by atoms with van der Waals surface area (Å²) in [4.78, 5) is 4.30. The Hall–Kier alpha value is -2.00. The fraction of sp³-hybridized carbons (Fsp3) is 0.0714. The van der Waals surface area contributed by atoms with Gasteiger partial charge in [0, 0.05) is 6.20 Å².